The van der Waals surface area contributed by atoms with Gasteiger partial charge in [-0.3, -0.25) is 19.4 Å². The number of aliphatic hydroxyl groups is 6. The van der Waals surface area contributed by atoms with Crippen LogP contribution < -0.4 is 16.8 Å². The average Bonchev–Trinajstić information content (AvgIpc) is 4.10. The van der Waals surface area contributed by atoms with E-state index in [1.165, 1.54) is 12.5 Å². The molecule has 408 valence electrons. The largest absolute Gasteiger partial charge is 0.465 e. The minimum Gasteiger partial charge on any atom is -0.465 e. The van der Waals surface area contributed by atoms with Crippen molar-refractivity contribution < 1.29 is 49.8 Å². The number of H-pyrrole nitrogens is 1. The molecular weight excluding hydrogens is 939 g/mol. The zero-order chi connectivity index (χ0) is 53.1. The number of cyclic esters (lactones) is 1. The molecule has 9 rings (SSSR count). The highest BCUT2D eigenvalue weighted by atomic mass is 16.5. The number of fused-ring (bicyclic) bond motifs is 10. The molecule has 74 heavy (non-hydrogen) atoms. The molecule has 0 bridgehead atoms. The highest BCUT2D eigenvalue weighted by Gasteiger charge is 2.76. The highest BCUT2D eigenvalue weighted by Crippen LogP contribution is 2.74. The van der Waals surface area contributed by atoms with Gasteiger partial charge in [0, 0.05) is 60.5 Å². The predicted molar refractivity (Wildman–Crippen MR) is 280 cm³/mol. The summed E-state index contributed by atoms with van der Waals surface area (Å²) in [4.78, 5) is 50.3. The smallest absolute Gasteiger partial charge is 0.313 e. The summed E-state index contributed by atoms with van der Waals surface area (Å²) in [6, 6.07) is 1.92. The van der Waals surface area contributed by atoms with Crippen LogP contribution >= 0.6 is 0 Å². The van der Waals surface area contributed by atoms with Gasteiger partial charge < -0.3 is 57.1 Å². The van der Waals surface area contributed by atoms with E-state index in [1.807, 2.05) is 25.4 Å². The lowest BCUT2D eigenvalue weighted by atomic mass is 9.39. The van der Waals surface area contributed by atoms with Gasteiger partial charge in [0.05, 0.1) is 54.3 Å². The molecule has 4 saturated carbocycles. The van der Waals surface area contributed by atoms with E-state index in [0.717, 1.165) is 37.7 Å². The number of esters is 1. The van der Waals surface area contributed by atoms with Crippen LogP contribution in [0.15, 0.2) is 46.4 Å². The topological polar surface area (TPSA) is 274 Å². The van der Waals surface area contributed by atoms with Crippen LogP contribution in [-0.2, 0) is 19.1 Å². The van der Waals surface area contributed by atoms with E-state index >= 15 is 4.79 Å². The van der Waals surface area contributed by atoms with Gasteiger partial charge in [-0.15, -0.1) is 5.92 Å². The second kappa shape index (κ2) is 21.1. The number of Topliss-reactive ketones (excluding diaryl/α,β-unsaturated/α-hetero) is 2. The van der Waals surface area contributed by atoms with E-state index < -0.39 is 75.3 Å². The van der Waals surface area contributed by atoms with Crippen molar-refractivity contribution in [2.24, 2.45) is 91.9 Å². The number of allylic oxidation sites excluding steroid dienone is 3. The molecule has 5 fully saturated rings. The van der Waals surface area contributed by atoms with Gasteiger partial charge in [-0.25, -0.2) is 0 Å². The van der Waals surface area contributed by atoms with Crippen molar-refractivity contribution in [2.45, 2.75) is 179 Å². The van der Waals surface area contributed by atoms with Gasteiger partial charge in [-0.2, -0.15) is 0 Å². The Morgan fingerprint density at radius 1 is 1.00 bits per heavy atom. The van der Waals surface area contributed by atoms with Gasteiger partial charge in [0.2, 0.25) is 0 Å². The molecule has 1 aromatic rings. The molecule has 19 atom stereocenters. The normalized spacial score (nSPS) is 44.0. The van der Waals surface area contributed by atoms with E-state index in [4.69, 9.17) is 16.2 Å². The van der Waals surface area contributed by atoms with Crippen LogP contribution in [0.5, 0.6) is 0 Å². The first kappa shape index (κ1) is 54.7. The van der Waals surface area contributed by atoms with Gasteiger partial charge in [0.15, 0.2) is 11.7 Å². The third-order valence-corrected chi connectivity index (χ3v) is 21.3. The van der Waals surface area contributed by atoms with Gasteiger partial charge >= 0.3 is 5.97 Å². The maximum atomic E-state index is 16.0. The summed E-state index contributed by atoms with van der Waals surface area (Å²) >= 11 is 0. The number of aliphatic imine (C=N–C) groups is 1. The molecule has 2 heterocycles. The number of nitrogens with two attached hydrogens (primary N) is 2. The standard InChI is InChI=1S/C59H87N5O10/c1-6-7-8-18-58-28-46(68)45(67)27-55(58,4)44-16-19-57(20-22-63-54(60)61)51-37(26-59(57,73)49(44)50(52(58)70)64-29-34(3)66)11-9-10-36(43-32-74-53(71)48(43)38-17-21-62-30-38)24-42-40(39(31-65)25-47(69)56(51,5)72)15-14-35-13-12-33(2)23-41(35)42/h14,17,21,30,33,36-37,39-48,51,62,64-65,67-69,72-73H,6-8,11-13,15-16,18-20,22-29,31-32H2,1-5H3,(H4,60,61,63). The Morgan fingerprint density at radius 3 is 2.47 bits per heavy atom. The number of aliphatic hydroxyl groups excluding tert-OH is 4. The number of hydrogen-bond acceptors (Lipinski definition) is 12. The molecule has 12 N–H and O–H groups in total. The number of aromatic amines is 1. The first-order valence-electron chi connectivity index (χ1n) is 28.3. The second-order valence-electron chi connectivity index (χ2n) is 25.3. The summed E-state index contributed by atoms with van der Waals surface area (Å²) in [5, 5.41) is 79.0. The SMILES string of the molecule is CCCCCC12CC(O)C(O)CC1(C)C1CCC3(CCN=C(N)N)C4C(CC#CC(C5COC(=O)C5c5cc[nH]c5)CC5C6CC(C)CCC6=CCC5C(CO)CC(O)C4(C)O)CC3(O)C1=C(NCC(C)=O)C2=O. The lowest BCUT2D eigenvalue weighted by molar-refractivity contribution is -0.201. The molecule has 0 radical (unpaired) electrons. The summed E-state index contributed by atoms with van der Waals surface area (Å²) < 4.78 is 5.91. The maximum absolute atomic E-state index is 16.0. The Hall–Kier alpha value is -4.04. The Bertz CT molecular complexity index is 2420. The first-order chi connectivity index (χ1) is 35.2. The molecule has 1 saturated heterocycles. The molecular formula is C59H87N5O10. The zero-order valence-corrected chi connectivity index (χ0v) is 44.7. The molecule has 0 amide bonds. The van der Waals surface area contributed by atoms with E-state index in [1.54, 1.807) is 6.92 Å². The third-order valence-electron chi connectivity index (χ3n) is 21.3. The predicted octanol–water partition coefficient (Wildman–Crippen LogP) is 5.33. The van der Waals surface area contributed by atoms with E-state index in [2.05, 4.69) is 47.1 Å². The van der Waals surface area contributed by atoms with Crippen molar-refractivity contribution in [1.82, 2.24) is 10.3 Å². The number of guanidine groups is 1. The summed E-state index contributed by atoms with van der Waals surface area (Å²) in [5.41, 5.74) is 7.81. The number of carbonyl (C=O) groups excluding carboxylic acids is 3. The third kappa shape index (κ3) is 9.10. The minimum atomic E-state index is -1.90. The van der Waals surface area contributed by atoms with Crippen LogP contribution in [0.1, 0.15) is 155 Å². The summed E-state index contributed by atoms with van der Waals surface area (Å²) in [7, 11) is 0. The Morgan fingerprint density at radius 2 is 1.77 bits per heavy atom. The summed E-state index contributed by atoms with van der Waals surface area (Å²) in [6.45, 7) is 9.40. The van der Waals surface area contributed by atoms with E-state index in [9.17, 15) is 40.2 Å². The Labute approximate surface area is 438 Å². The van der Waals surface area contributed by atoms with Crippen molar-refractivity contribution in [1.29, 1.82) is 0 Å². The number of carbonyl (C=O) groups is 3. The molecule has 1 aliphatic heterocycles. The number of nitrogens with zero attached hydrogens (tertiary/aromatic N) is 1. The number of aromatic nitrogens is 1. The van der Waals surface area contributed by atoms with Gasteiger partial charge in [0.25, 0.3) is 0 Å². The lowest BCUT2D eigenvalue weighted by Crippen LogP contribution is -2.68. The van der Waals surface area contributed by atoms with Crippen LogP contribution in [0.2, 0.25) is 0 Å². The maximum Gasteiger partial charge on any atom is 0.313 e. The molecule has 8 aliphatic rings. The Kier molecular flexibility index (Phi) is 15.6. The van der Waals surface area contributed by atoms with Crippen molar-refractivity contribution >= 4 is 23.5 Å². The van der Waals surface area contributed by atoms with Crippen molar-refractivity contribution in [2.75, 3.05) is 26.3 Å². The van der Waals surface area contributed by atoms with Crippen molar-refractivity contribution in [3.05, 3.63) is 46.9 Å². The average molecular weight is 1030 g/mol. The van der Waals surface area contributed by atoms with Gasteiger partial charge in [0.1, 0.15) is 5.78 Å². The van der Waals surface area contributed by atoms with Crippen LogP contribution in [0.3, 0.4) is 0 Å². The second-order valence-corrected chi connectivity index (χ2v) is 25.3. The van der Waals surface area contributed by atoms with Crippen LogP contribution in [0.25, 0.3) is 0 Å². The molecule has 0 aromatic carbocycles. The number of ketones is 2. The minimum absolute atomic E-state index is 0.0343. The molecule has 0 spiro atoms. The van der Waals surface area contributed by atoms with Crippen LogP contribution in [-0.4, -0.2) is 115 Å². The fourth-order valence-electron chi connectivity index (χ4n) is 17.9. The summed E-state index contributed by atoms with van der Waals surface area (Å²) in [5.74, 6) is 3.72. The van der Waals surface area contributed by atoms with E-state index in [0.29, 0.717) is 50.0 Å². The van der Waals surface area contributed by atoms with Crippen LogP contribution in [0, 0.1) is 87.3 Å². The highest BCUT2D eigenvalue weighted by molar-refractivity contribution is 6.03. The molecule has 15 heteroatoms. The quantitative estimate of drug-likeness (QED) is 0.0300. The fourth-order valence-corrected chi connectivity index (χ4v) is 17.9. The van der Waals surface area contributed by atoms with Crippen LogP contribution in [0.4, 0.5) is 0 Å². The first-order valence-corrected chi connectivity index (χ1v) is 28.3. The number of hydrogen-bond donors (Lipinski definition) is 10. The number of unbranched alkanes of at least 4 members (excludes halogenated alkanes) is 2. The van der Waals surface area contributed by atoms with E-state index in [-0.39, 0.29) is 124 Å². The number of rotatable bonds is 13. The fraction of sp³-hybridized carbons (Fsp3) is 0.763. The monoisotopic (exact) mass is 1030 g/mol. The Balaban J connectivity index is 1.24. The molecule has 19 unspecified atom stereocenters. The summed E-state index contributed by atoms with van der Waals surface area (Å²) in [6.07, 6.45) is 11.2. The van der Waals surface area contributed by atoms with Crippen molar-refractivity contribution in [3.8, 4) is 11.8 Å². The zero-order valence-electron chi connectivity index (χ0n) is 44.7. The number of ether oxygens (including phenoxy) is 1. The van der Waals surface area contributed by atoms with Crippen molar-refractivity contribution in [3.63, 3.8) is 0 Å². The van der Waals surface area contributed by atoms with Gasteiger partial charge in [-0.1, -0.05) is 57.6 Å². The number of nitrogens with one attached hydrogen (secondary N) is 2. The molecule has 15 nitrogen and oxygen atoms in total. The van der Waals surface area contributed by atoms with Gasteiger partial charge in [-0.05, 0) is 161 Å². The lowest BCUT2D eigenvalue weighted by Gasteiger charge is -2.66. The molecule has 1 aromatic heterocycles. The molecule has 7 aliphatic carbocycles.